The molecule has 1 rings (SSSR count). The summed E-state index contributed by atoms with van der Waals surface area (Å²) in [5, 5.41) is 12.4. The van der Waals surface area contributed by atoms with Gasteiger partial charge in [-0.1, -0.05) is 11.6 Å². The lowest BCUT2D eigenvalue weighted by Gasteiger charge is -2.30. The van der Waals surface area contributed by atoms with E-state index in [0.29, 0.717) is 5.02 Å². The van der Waals surface area contributed by atoms with Gasteiger partial charge in [0, 0.05) is 11.6 Å². The van der Waals surface area contributed by atoms with Gasteiger partial charge in [0.2, 0.25) is 0 Å². The van der Waals surface area contributed by atoms with Crippen LogP contribution in [0.15, 0.2) is 18.2 Å². The molecule has 1 amide bonds. The Labute approximate surface area is 106 Å². The Morgan fingerprint density at radius 2 is 2.12 bits per heavy atom. The molecule has 1 aromatic carbocycles. The number of nitrogens with one attached hydrogen (secondary N) is 1. The molecule has 4 nitrogen and oxygen atoms in total. The highest BCUT2D eigenvalue weighted by molar-refractivity contribution is 6.33. The summed E-state index contributed by atoms with van der Waals surface area (Å²) in [5.74, 6) is -0.355. The number of hydrogen-bond donors (Lipinski definition) is 3. The monoisotopic (exact) mass is 256 g/mol. The molecule has 1 atom stereocenters. The zero-order valence-corrected chi connectivity index (χ0v) is 10.9. The van der Waals surface area contributed by atoms with Crippen LogP contribution < -0.4 is 11.1 Å². The number of carbonyl (C=O) groups excluding carboxylic acids is 1. The second-order valence-electron chi connectivity index (χ2n) is 4.63. The van der Waals surface area contributed by atoms with Crippen molar-refractivity contribution in [3.8, 4) is 5.75 Å². The van der Waals surface area contributed by atoms with E-state index in [9.17, 15) is 9.90 Å². The van der Waals surface area contributed by atoms with Gasteiger partial charge in [-0.15, -0.1) is 0 Å². The molecule has 5 heteroatoms. The van der Waals surface area contributed by atoms with Gasteiger partial charge in [-0.2, -0.15) is 0 Å². The van der Waals surface area contributed by atoms with Crippen LogP contribution in [0.3, 0.4) is 0 Å². The Kier molecular flexibility index (Phi) is 4.01. The first-order valence-electron chi connectivity index (χ1n) is 5.30. The van der Waals surface area contributed by atoms with Crippen LogP contribution in [-0.2, 0) is 0 Å². The number of phenols is 1. The van der Waals surface area contributed by atoms with E-state index in [1.54, 1.807) is 0 Å². The number of benzene rings is 1. The molecule has 0 spiro atoms. The highest BCUT2D eigenvalue weighted by Crippen LogP contribution is 2.22. The molecule has 1 aromatic rings. The number of phenolic OH excluding ortho intramolecular Hbond substituents is 1. The normalized spacial score (nSPS) is 13.2. The SMILES string of the molecule is CC(N)C(C)(C)NC(=O)c1cc(O)ccc1Cl. The zero-order chi connectivity index (χ0) is 13.2. The van der Waals surface area contributed by atoms with Gasteiger partial charge in [-0.05, 0) is 39.0 Å². The average Bonchev–Trinajstić information content (AvgIpc) is 2.20. The van der Waals surface area contributed by atoms with Crippen molar-refractivity contribution in [3.05, 3.63) is 28.8 Å². The van der Waals surface area contributed by atoms with E-state index < -0.39 is 5.54 Å². The highest BCUT2D eigenvalue weighted by atomic mass is 35.5. The van der Waals surface area contributed by atoms with Gasteiger partial charge < -0.3 is 16.2 Å². The fourth-order valence-corrected chi connectivity index (χ4v) is 1.36. The van der Waals surface area contributed by atoms with E-state index in [1.807, 2.05) is 20.8 Å². The van der Waals surface area contributed by atoms with Gasteiger partial charge in [-0.25, -0.2) is 0 Å². The van der Waals surface area contributed by atoms with E-state index in [4.69, 9.17) is 17.3 Å². The van der Waals surface area contributed by atoms with Crippen LogP contribution >= 0.6 is 11.6 Å². The van der Waals surface area contributed by atoms with Crippen LogP contribution in [0.4, 0.5) is 0 Å². The standard InChI is InChI=1S/C12H17ClN2O2/c1-7(14)12(2,3)15-11(17)9-6-8(16)4-5-10(9)13/h4-7,16H,14H2,1-3H3,(H,15,17). The highest BCUT2D eigenvalue weighted by Gasteiger charge is 2.26. The van der Waals surface area contributed by atoms with Crippen LogP contribution in [0, 0.1) is 0 Å². The van der Waals surface area contributed by atoms with Gasteiger partial charge in [0.25, 0.3) is 5.91 Å². The molecule has 0 saturated carbocycles. The van der Waals surface area contributed by atoms with Gasteiger partial charge in [0.1, 0.15) is 5.75 Å². The summed E-state index contributed by atoms with van der Waals surface area (Å²) in [4.78, 5) is 12.0. The molecule has 4 N–H and O–H groups in total. The van der Waals surface area contributed by atoms with Gasteiger partial charge in [0.05, 0.1) is 10.6 Å². The van der Waals surface area contributed by atoms with Crippen LogP contribution in [-0.4, -0.2) is 22.6 Å². The second kappa shape index (κ2) is 4.94. The Morgan fingerprint density at radius 1 is 1.53 bits per heavy atom. The van der Waals surface area contributed by atoms with E-state index in [0.717, 1.165) is 0 Å². The van der Waals surface area contributed by atoms with Crippen LogP contribution in [0.5, 0.6) is 5.75 Å². The first-order valence-corrected chi connectivity index (χ1v) is 5.68. The number of nitrogens with two attached hydrogens (primary N) is 1. The smallest absolute Gasteiger partial charge is 0.253 e. The minimum absolute atomic E-state index is 0.00171. The van der Waals surface area contributed by atoms with Crippen molar-refractivity contribution in [2.45, 2.75) is 32.4 Å². The summed E-state index contributed by atoms with van der Waals surface area (Å²) >= 11 is 5.90. The molecule has 0 aliphatic heterocycles. The molecular weight excluding hydrogens is 240 g/mol. The molecule has 0 aliphatic carbocycles. The van der Waals surface area contributed by atoms with Gasteiger partial charge >= 0.3 is 0 Å². The fourth-order valence-electron chi connectivity index (χ4n) is 1.16. The maximum atomic E-state index is 12.0. The molecule has 0 fully saturated rings. The Bertz CT molecular complexity index is 431. The van der Waals surface area contributed by atoms with E-state index in [1.165, 1.54) is 18.2 Å². The third-order valence-electron chi connectivity index (χ3n) is 2.77. The largest absolute Gasteiger partial charge is 0.508 e. The minimum Gasteiger partial charge on any atom is -0.508 e. The summed E-state index contributed by atoms with van der Waals surface area (Å²) in [5.41, 5.74) is 5.45. The molecular formula is C12H17ClN2O2. The zero-order valence-electron chi connectivity index (χ0n) is 10.1. The van der Waals surface area contributed by atoms with Crippen LogP contribution in [0.1, 0.15) is 31.1 Å². The summed E-state index contributed by atoms with van der Waals surface area (Å²) in [6, 6.07) is 4.03. The third kappa shape index (κ3) is 3.35. The predicted octanol–water partition coefficient (Wildman–Crippen LogP) is 1.90. The van der Waals surface area contributed by atoms with Crippen LogP contribution in [0.25, 0.3) is 0 Å². The maximum absolute atomic E-state index is 12.0. The minimum atomic E-state index is -0.550. The van der Waals surface area contributed by atoms with E-state index in [-0.39, 0.29) is 23.3 Å². The first-order chi connectivity index (χ1) is 7.74. The Balaban J connectivity index is 2.94. The average molecular weight is 257 g/mol. The number of rotatable bonds is 3. The number of aromatic hydroxyl groups is 1. The van der Waals surface area contributed by atoms with Crippen molar-refractivity contribution in [1.29, 1.82) is 0 Å². The van der Waals surface area contributed by atoms with Gasteiger partial charge in [-0.3, -0.25) is 4.79 Å². The predicted molar refractivity (Wildman–Crippen MR) is 68.3 cm³/mol. The van der Waals surface area contributed by atoms with Crippen molar-refractivity contribution in [3.63, 3.8) is 0 Å². The van der Waals surface area contributed by atoms with Crippen molar-refractivity contribution >= 4 is 17.5 Å². The summed E-state index contributed by atoms with van der Waals surface area (Å²) in [6.07, 6.45) is 0. The summed E-state index contributed by atoms with van der Waals surface area (Å²) in [7, 11) is 0. The molecule has 1 unspecified atom stereocenters. The fraction of sp³-hybridized carbons (Fsp3) is 0.417. The van der Waals surface area contributed by atoms with Crippen LogP contribution in [0.2, 0.25) is 5.02 Å². The summed E-state index contributed by atoms with van der Waals surface area (Å²) < 4.78 is 0. The van der Waals surface area contributed by atoms with Crippen molar-refractivity contribution in [1.82, 2.24) is 5.32 Å². The van der Waals surface area contributed by atoms with Gasteiger partial charge in [0.15, 0.2) is 0 Å². The molecule has 0 bridgehead atoms. The molecule has 94 valence electrons. The molecule has 0 heterocycles. The molecule has 0 aliphatic rings. The first kappa shape index (κ1) is 13.8. The summed E-state index contributed by atoms with van der Waals surface area (Å²) in [6.45, 7) is 5.46. The van der Waals surface area contributed by atoms with Crippen molar-refractivity contribution < 1.29 is 9.90 Å². The van der Waals surface area contributed by atoms with Crippen molar-refractivity contribution in [2.24, 2.45) is 5.73 Å². The lowest BCUT2D eigenvalue weighted by molar-refractivity contribution is 0.0903. The Hall–Kier alpha value is -1.26. The van der Waals surface area contributed by atoms with Crippen molar-refractivity contribution in [2.75, 3.05) is 0 Å². The third-order valence-corrected chi connectivity index (χ3v) is 3.10. The second-order valence-corrected chi connectivity index (χ2v) is 5.04. The number of hydrogen-bond acceptors (Lipinski definition) is 3. The Morgan fingerprint density at radius 3 is 2.65 bits per heavy atom. The van der Waals surface area contributed by atoms with E-state index in [2.05, 4.69) is 5.32 Å². The lowest BCUT2D eigenvalue weighted by Crippen LogP contribution is -2.54. The number of carbonyl (C=O) groups is 1. The number of amides is 1. The lowest BCUT2D eigenvalue weighted by atomic mass is 9.96. The van der Waals surface area contributed by atoms with E-state index >= 15 is 0 Å². The molecule has 17 heavy (non-hydrogen) atoms. The quantitative estimate of drug-likeness (QED) is 0.773. The topological polar surface area (TPSA) is 75.3 Å². The molecule has 0 saturated heterocycles. The number of halogens is 1. The molecule has 0 radical (unpaired) electrons. The molecule has 0 aromatic heterocycles. The maximum Gasteiger partial charge on any atom is 0.253 e.